The molecule has 0 saturated carbocycles. The molecule has 0 saturated heterocycles. The molecule has 5 heteroatoms. The highest BCUT2D eigenvalue weighted by Gasteiger charge is 1.77. The average Bonchev–Trinajstić information content (AvgIpc) is 1.61. The Hall–Kier alpha value is -0.590. The van der Waals surface area contributed by atoms with Crippen LogP contribution in [-0.4, -0.2) is 6.29 Å². The lowest BCUT2D eigenvalue weighted by molar-refractivity contribution is 0.598. The van der Waals surface area contributed by atoms with Crippen molar-refractivity contribution in [3.05, 3.63) is 10.4 Å². The van der Waals surface area contributed by atoms with Crippen molar-refractivity contribution < 1.29 is 4.57 Å². The fraction of sp³-hybridized carbons (Fsp3) is 1.00. The summed E-state index contributed by atoms with van der Waals surface area (Å²) >= 11 is 0. The van der Waals surface area contributed by atoms with Gasteiger partial charge in [0.1, 0.15) is 0 Å². The SMILES string of the molecule is [N-]=[N+]=NC[PH+]=O. The Morgan fingerprint density at radius 2 is 2.67 bits per heavy atom. The molecule has 0 aliphatic heterocycles. The van der Waals surface area contributed by atoms with Crippen molar-refractivity contribution in [2.75, 3.05) is 6.29 Å². The minimum absolute atomic E-state index is 0.0938. The lowest BCUT2D eigenvalue weighted by Crippen LogP contribution is -1.47. The summed E-state index contributed by atoms with van der Waals surface area (Å²) < 4.78 is 9.45. The molecular weight excluding hydrogens is 101 g/mol. The number of hydrogen-bond acceptors (Lipinski definition) is 2. The predicted octanol–water partition coefficient (Wildman–Crippen LogP) is 1.28. The molecule has 0 amide bonds. The first kappa shape index (κ1) is 5.41. The van der Waals surface area contributed by atoms with Gasteiger partial charge in [-0.3, -0.25) is 0 Å². The van der Waals surface area contributed by atoms with Crippen LogP contribution >= 0.6 is 8.46 Å². The molecule has 0 spiro atoms. The van der Waals surface area contributed by atoms with Crippen LogP contribution in [0.4, 0.5) is 0 Å². The zero-order valence-corrected chi connectivity index (χ0v) is 3.96. The monoisotopic (exact) mass is 104 g/mol. The van der Waals surface area contributed by atoms with Gasteiger partial charge in [0.15, 0.2) is 0 Å². The van der Waals surface area contributed by atoms with Crippen molar-refractivity contribution in [2.24, 2.45) is 5.11 Å². The molecule has 0 N–H and O–H groups in total. The standard InChI is InChI=1S/CH2N3OP/c2-4-3-1-6-5/h1H2/p+1. The van der Waals surface area contributed by atoms with Gasteiger partial charge in [0.25, 0.3) is 0 Å². The molecule has 0 bridgehead atoms. The molecule has 4 nitrogen and oxygen atoms in total. The highest BCUT2D eigenvalue weighted by Crippen LogP contribution is 1.88. The van der Waals surface area contributed by atoms with Gasteiger partial charge in [-0.05, 0) is 10.6 Å². The third-order valence-corrected chi connectivity index (χ3v) is 0.469. The smallest absolute Gasteiger partial charge is 0.0773 e. The van der Waals surface area contributed by atoms with Crippen molar-refractivity contribution in [1.29, 1.82) is 0 Å². The maximum absolute atomic E-state index is 9.45. The fourth-order valence-corrected chi connectivity index (χ4v) is 0.181. The zero-order valence-electron chi connectivity index (χ0n) is 2.96. The molecule has 0 fully saturated rings. The maximum Gasteiger partial charge on any atom is 0.331 e. The molecule has 0 aliphatic carbocycles. The van der Waals surface area contributed by atoms with Crippen LogP contribution in [0.15, 0.2) is 5.11 Å². The summed E-state index contributed by atoms with van der Waals surface area (Å²) in [5.74, 6) is 0. The van der Waals surface area contributed by atoms with E-state index in [0.29, 0.717) is 0 Å². The zero-order chi connectivity index (χ0) is 4.83. The van der Waals surface area contributed by atoms with Gasteiger partial charge in [-0.1, -0.05) is 4.57 Å². The van der Waals surface area contributed by atoms with E-state index in [4.69, 9.17) is 5.53 Å². The third kappa shape index (κ3) is 3.41. The average molecular weight is 104 g/mol. The number of hydrogen-bond donors (Lipinski definition) is 0. The Morgan fingerprint density at radius 3 is 2.83 bits per heavy atom. The predicted molar refractivity (Wildman–Crippen MR) is 23.0 cm³/mol. The first-order chi connectivity index (χ1) is 2.91. The molecule has 0 aromatic carbocycles. The molecule has 0 aliphatic rings. The number of nitrogens with zero attached hydrogens (tertiary/aromatic N) is 3. The van der Waals surface area contributed by atoms with Crippen molar-refractivity contribution in [3.8, 4) is 0 Å². The van der Waals surface area contributed by atoms with Crippen LogP contribution in [0, 0.1) is 0 Å². The molecule has 0 radical (unpaired) electrons. The first-order valence-electron chi connectivity index (χ1n) is 1.27. The van der Waals surface area contributed by atoms with Gasteiger partial charge < -0.3 is 0 Å². The first-order valence-corrected chi connectivity index (χ1v) is 2.39. The largest absolute Gasteiger partial charge is 0.331 e. The second-order valence-electron chi connectivity index (χ2n) is 0.533. The van der Waals surface area contributed by atoms with Crippen LogP contribution < -0.4 is 0 Å². The Kier molecular flexibility index (Phi) is 3.98. The molecule has 6 heavy (non-hydrogen) atoms. The summed E-state index contributed by atoms with van der Waals surface area (Å²) in [5.41, 5.74) is 7.52. The molecule has 0 aromatic rings. The molecule has 1 atom stereocenters. The maximum atomic E-state index is 9.45. The van der Waals surface area contributed by atoms with Crippen LogP contribution in [-0.2, 0) is 4.57 Å². The Balaban J connectivity index is 3.07. The normalized spacial score (nSPS) is 7.33. The molecule has 32 valence electrons. The fourth-order valence-electron chi connectivity index (χ4n) is 0.0605. The lowest BCUT2D eigenvalue weighted by atomic mass is 11.5. The van der Waals surface area contributed by atoms with Crippen molar-refractivity contribution in [2.45, 2.75) is 0 Å². The van der Waals surface area contributed by atoms with Crippen LogP contribution in [0.2, 0.25) is 0 Å². The van der Waals surface area contributed by atoms with Gasteiger partial charge in [-0.2, -0.15) is 0 Å². The van der Waals surface area contributed by atoms with E-state index in [1.54, 1.807) is 0 Å². The molecule has 1 unspecified atom stereocenters. The van der Waals surface area contributed by atoms with Crippen molar-refractivity contribution in [3.63, 3.8) is 0 Å². The Labute approximate surface area is 36.0 Å². The topological polar surface area (TPSA) is 65.8 Å². The minimum atomic E-state index is -0.506. The van der Waals surface area contributed by atoms with E-state index < -0.39 is 8.46 Å². The van der Waals surface area contributed by atoms with Crippen molar-refractivity contribution in [1.82, 2.24) is 0 Å². The van der Waals surface area contributed by atoms with E-state index in [1.165, 1.54) is 0 Å². The van der Waals surface area contributed by atoms with E-state index >= 15 is 0 Å². The lowest BCUT2D eigenvalue weighted by Gasteiger charge is -1.47. The van der Waals surface area contributed by atoms with E-state index in [9.17, 15) is 4.57 Å². The summed E-state index contributed by atoms with van der Waals surface area (Å²) in [5, 5.41) is 2.97. The van der Waals surface area contributed by atoms with E-state index in [0.717, 1.165) is 0 Å². The van der Waals surface area contributed by atoms with E-state index in [2.05, 4.69) is 10.0 Å². The highest BCUT2D eigenvalue weighted by molar-refractivity contribution is 7.23. The summed E-state index contributed by atoms with van der Waals surface area (Å²) in [6.45, 7) is 0. The Morgan fingerprint density at radius 1 is 2.00 bits per heavy atom. The molecular formula is CH3N3OP+. The van der Waals surface area contributed by atoms with Gasteiger partial charge >= 0.3 is 8.46 Å². The van der Waals surface area contributed by atoms with Gasteiger partial charge in [0, 0.05) is 4.91 Å². The highest BCUT2D eigenvalue weighted by atomic mass is 31.1. The second kappa shape index (κ2) is 4.41. The number of rotatable bonds is 2. The summed E-state index contributed by atoms with van der Waals surface area (Å²) in [4.78, 5) is 2.36. The number of azide groups is 1. The molecule has 0 rings (SSSR count). The van der Waals surface area contributed by atoms with Crippen LogP contribution in [0.25, 0.3) is 10.4 Å². The van der Waals surface area contributed by atoms with Gasteiger partial charge in [-0.25, -0.2) is 0 Å². The summed E-state index contributed by atoms with van der Waals surface area (Å²) in [6, 6.07) is 0. The van der Waals surface area contributed by atoms with Gasteiger partial charge in [-0.15, -0.1) is 0 Å². The second-order valence-corrected chi connectivity index (χ2v) is 1.14. The van der Waals surface area contributed by atoms with Gasteiger partial charge in [0.05, 0.1) is 0 Å². The minimum Gasteiger partial charge on any atom is -0.0773 e. The van der Waals surface area contributed by atoms with Gasteiger partial charge in [0.2, 0.25) is 6.29 Å². The third-order valence-electron chi connectivity index (χ3n) is 0.199. The summed E-state index contributed by atoms with van der Waals surface area (Å²) in [7, 11) is -0.506. The van der Waals surface area contributed by atoms with Crippen molar-refractivity contribution >= 4 is 8.46 Å². The quantitative estimate of drug-likeness (QED) is 0.225. The molecule has 0 aromatic heterocycles. The van der Waals surface area contributed by atoms with Crippen LogP contribution in [0.1, 0.15) is 0 Å². The summed E-state index contributed by atoms with van der Waals surface area (Å²) in [6.07, 6.45) is 0.0938. The Bertz CT molecular complexity index is 84.8. The van der Waals surface area contributed by atoms with E-state index in [-0.39, 0.29) is 6.29 Å². The van der Waals surface area contributed by atoms with Crippen LogP contribution in [0.5, 0.6) is 0 Å². The van der Waals surface area contributed by atoms with E-state index in [1.807, 2.05) is 0 Å². The molecule has 0 heterocycles. The van der Waals surface area contributed by atoms with Crippen LogP contribution in [0.3, 0.4) is 0 Å².